The van der Waals surface area contributed by atoms with Crippen LogP contribution in [0.4, 0.5) is 13.2 Å². The Morgan fingerprint density at radius 3 is 2.43 bits per heavy atom. The van der Waals surface area contributed by atoms with Gasteiger partial charge in [0.2, 0.25) is 0 Å². The van der Waals surface area contributed by atoms with Crippen LogP contribution < -0.4 is 10.1 Å². The second-order valence-corrected chi connectivity index (χ2v) is 4.08. The summed E-state index contributed by atoms with van der Waals surface area (Å²) in [5, 5.41) is 9.37. The van der Waals surface area contributed by atoms with E-state index in [0.29, 0.717) is 18.0 Å². The van der Waals surface area contributed by atoms with E-state index in [1.165, 1.54) is 6.92 Å². The van der Waals surface area contributed by atoms with E-state index in [1.54, 1.807) is 24.3 Å². The highest BCUT2D eigenvalue weighted by Crippen LogP contribution is 2.26. The van der Waals surface area contributed by atoms with E-state index < -0.39 is 11.7 Å². The summed E-state index contributed by atoms with van der Waals surface area (Å²) in [6.07, 6.45) is -2.39. The van der Waals surface area contributed by atoms with Crippen LogP contribution >= 0.6 is 0 Å². The number of para-hydroxylation sites is 1. The van der Waals surface area contributed by atoms with Gasteiger partial charge >= 0.3 is 6.18 Å². The Morgan fingerprint density at radius 1 is 1.29 bits per heavy atom. The lowest BCUT2D eigenvalue weighted by molar-refractivity contribution is -0.0881. The molecule has 0 radical (unpaired) electrons. The number of alkyl halides is 3. The topological polar surface area (TPSA) is 45.1 Å². The average Bonchev–Trinajstić information content (AvgIpc) is 2.38. The fourth-order valence-electron chi connectivity index (χ4n) is 1.46. The standard InChI is InChI=1S/C15H15F3N2O/c1-11(10-13(8-9-19)15(16,17)18)20-12(2)21-14-6-4-3-5-7-14/h3-10,19-20H,2H2,1H3/b11-10+,13-8+,19-9?. The molecule has 2 N–H and O–H groups in total. The molecule has 0 fully saturated rings. The molecule has 0 heterocycles. The molecule has 0 aliphatic rings. The number of allylic oxidation sites excluding steroid dienone is 4. The van der Waals surface area contributed by atoms with Gasteiger partial charge in [-0.05, 0) is 37.8 Å². The maximum absolute atomic E-state index is 12.7. The molecule has 1 aromatic rings. The van der Waals surface area contributed by atoms with Gasteiger partial charge in [0.1, 0.15) is 5.75 Å². The third kappa shape index (κ3) is 5.99. The van der Waals surface area contributed by atoms with E-state index in [1.807, 2.05) is 6.07 Å². The molecule has 0 aliphatic carbocycles. The molecular formula is C15H15F3N2O. The Balaban J connectivity index is 2.73. The number of hydrogen-bond acceptors (Lipinski definition) is 3. The van der Waals surface area contributed by atoms with Crippen LogP contribution in [0.3, 0.4) is 0 Å². The highest BCUT2D eigenvalue weighted by molar-refractivity contribution is 5.70. The summed E-state index contributed by atoms with van der Waals surface area (Å²) < 4.78 is 43.3. The molecule has 0 amide bonds. The van der Waals surface area contributed by atoms with Gasteiger partial charge in [-0.1, -0.05) is 18.2 Å². The predicted octanol–water partition coefficient (Wildman–Crippen LogP) is 4.17. The van der Waals surface area contributed by atoms with Crippen molar-refractivity contribution >= 4 is 6.21 Å². The number of benzene rings is 1. The van der Waals surface area contributed by atoms with Crippen LogP contribution in [0.15, 0.2) is 66.2 Å². The van der Waals surface area contributed by atoms with Crippen LogP contribution in [0.2, 0.25) is 0 Å². The summed E-state index contributed by atoms with van der Waals surface area (Å²) in [7, 11) is 0. The minimum absolute atomic E-state index is 0.103. The Bertz CT molecular complexity index is 560. The van der Waals surface area contributed by atoms with Gasteiger partial charge in [-0.3, -0.25) is 0 Å². The van der Waals surface area contributed by atoms with Gasteiger partial charge < -0.3 is 15.5 Å². The highest BCUT2D eigenvalue weighted by Gasteiger charge is 2.31. The van der Waals surface area contributed by atoms with E-state index in [0.717, 1.165) is 6.08 Å². The van der Waals surface area contributed by atoms with E-state index in [2.05, 4.69) is 11.9 Å². The molecular weight excluding hydrogens is 281 g/mol. The quantitative estimate of drug-likeness (QED) is 0.470. The summed E-state index contributed by atoms with van der Waals surface area (Å²) >= 11 is 0. The van der Waals surface area contributed by atoms with Gasteiger partial charge in [-0.2, -0.15) is 13.2 Å². The van der Waals surface area contributed by atoms with Crippen LogP contribution in [-0.4, -0.2) is 12.4 Å². The predicted molar refractivity (Wildman–Crippen MR) is 76.0 cm³/mol. The molecule has 0 bridgehead atoms. The van der Waals surface area contributed by atoms with Gasteiger partial charge in [0.05, 0.1) is 5.57 Å². The summed E-state index contributed by atoms with van der Waals surface area (Å²) in [6, 6.07) is 8.73. The molecule has 0 saturated carbocycles. The van der Waals surface area contributed by atoms with Crippen LogP contribution in [0.1, 0.15) is 6.92 Å². The smallest absolute Gasteiger partial charge is 0.416 e. The van der Waals surface area contributed by atoms with Gasteiger partial charge in [-0.15, -0.1) is 0 Å². The summed E-state index contributed by atoms with van der Waals surface area (Å²) in [5.41, 5.74) is -0.739. The maximum Gasteiger partial charge on any atom is 0.416 e. The van der Waals surface area contributed by atoms with E-state index in [9.17, 15) is 13.2 Å². The first-order valence-electron chi connectivity index (χ1n) is 5.98. The Labute approximate surface area is 120 Å². The number of halogens is 3. The molecule has 0 aliphatic heterocycles. The fraction of sp³-hybridized carbons (Fsp3) is 0.133. The van der Waals surface area contributed by atoms with Crippen molar-refractivity contribution in [2.75, 3.05) is 0 Å². The molecule has 0 spiro atoms. The molecule has 112 valence electrons. The Hall–Kier alpha value is -2.50. The Morgan fingerprint density at radius 2 is 1.90 bits per heavy atom. The molecule has 6 heteroatoms. The van der Waals surface area contributed by atoms with Crippen LogP contribution in [-0.2, 0) is 0 Å². The van der Waals surface area contributed by atoms with Crippen molar-refractivity contribution in [2.24, 2.45) is 0 Å². The van der Waals surface area contributed by atoms with Gasteiger partial charge in [0, 0.05) is 11.9 Å². The highest BCUT2D eigenvalue weighted by atomic mass is 19.4. The lowest BCUT2D eigenvalue weighted by Crippen LogP contribution is -2.17. The summed E-state index contributed by atoms with van der Waals surface area (Å²) in [6.45, 7) is 5.03. The van der Waals surface area contributed by atoms with Crippen molar-refractivity contribution in [3.8, 4) is 5.75 Å². The first-order valence-corrected chi connectivity index (χ1v) is 5.98. The first kappa shape index (κ1) is 16.6. The minimum atomic E-state index is -4.53. The normalized spacial score (nSPS) is 12.8. The third-order valence-corrected chi connectivity index (χ3v) is 2.28. The van der Waals surface area contributed by atoms with Crippen molar-refractivity contribution in [1.29, 1.82) is 5.41 Å². The number of nitrogens with one attached hydrogen (secondary N) is 2. The van der Waals surface area contributed by atoms with E-state index in [4.69, 9.17) is 10.1 Å². The van der Waals surface area contributed by atoms with Crippen molar-refractivity contribution in [1.82, 2.24) is 5.32 Å². The zero-order valence-electron chi connectivity index (χ0n) is 11.4. The second kappa shape index (κ2) is 7.33. The van der Waals surface area contributed by atoms with Crippen LogP contribution in [0.5, 0.6) is 5.75 Å². The zero-order valence-corrected chi connectivity index (χ0v) is 11.4. The fourth-order valence-corrected chi connectivity index (χ4v) is 1.46. The monoisotopic (exact) mass is 296 g/mol. The lowest BCUT2D eigenvalue weighted by Gasteiger charge is -2.13. The minimum Gasteiger partial charge on any atom is -0.442 e. The Kier molecular flexibility index (Phi) is 5.78. The number of ether oxygens (including phenoxy) is 1. The SMILES string of the molecule is C=C(N/C(C)=C/C(=C\C=N)C(F)(F)F)Oc1ccccc1. The number of rotatable bonds is 6. The van der Waals surface area contributed by atoms with E-state index >= 15 is 0 Å². The number of hydrogen-bond donors (Lipinski definition) is 2. The molecule has 0 aromatic heterocycles. The van der Waals surface area contributed by atoms with Crippen molar-refractivity contribution in [2.45, 2.75) is 13.1 Å². The molecule has 0 unspecified atom stereocenters. The van der Waals surface area contributed by atoms with E-state index in [-0.39, 0.29) is 11.6 Å². The molecule has 3 nitrogen and oxygen atoms in total. The van der Waals surface area contributed by atoms with Gasteiger partial charge in [0.25, 0.3) is 0 Å². The molecule has 21 heavy (non-hydrogen) atoms. The average molecular weight is 296 g/mol. The van der Waals surface area contributed by atoms with Gasteiger partial charge in [0.15, 0.2) is 5.88 Å². The second-order valence-electron chi connectivity index (χ2n) is 4.08. The van der Waals surface area contributed by atoms with Crippen molar-refractivity contribution < 1.29 is 17.9 Å². The molecule has 1 rings (SSSR count). The van der Waals surface area contributed by atoms with Crippen LogP contribution in [0, 0.1) is 5.41 Å². The summed E-state index contributed by atoms with van der Waals surface area (Å²) in [5.74, 6) is 0.625. The largest absolute Gasteiger partial charge is 0.442 e. The van der Waals surface area contributed by atoms with Crippen molar-refractivity contribution in [3.63, 3.8) is 0 Å². The summed E-state index contributed by atoms with van der Waals surface area (Å²) in [4.78, 5) is 0. The van der Waals surface area contributed by atoms with Crippen molar-refractivity contribution in [3.05, 3.63) is 66.2 Å². The maximum atomic E-state index is 12.7. The first-order chi connectivity index (χ1) is 9.82. The molecule has 0 atom stereocenters. The zero-order chi connectivity index (χ0) is 15.9. The third-order valence-electron chi connectivity index (χ3n) is 2.28. The lowest BCUT2D eigenvalue weighted by atomic mass is 10.2. The van der Waals surface area contributed by atoms with Crippen LogP contribution in [0.25, 0.3) is 0 Å². The molecule has 0 saturated heterocycles. The molecule has 1 aromatic carbocycles. The van der Waals surface area contributed by atoms with Gasteiger partial charge in [-0.25, -0.2) is 0 Å².